The van der Waals surface area contributed by atoms with E-state index in [0.717, 1.165) is 37.4 Å². The zero-order chi connectivity index (χ0) is 11.7. The first-order chi connectivity index (χ1) is 8.34. The van der Waals surface area contributed by atoms with Crippen LogP contribution in [0.25, 0.3) is 0 Å². The van der Waals surface area contributed by atoms with Gasteiger partial charge in [0.1, 0.15) is 12.6 Å². The van der Waals surface area contributed by atoms with E-state index >= 15 is 0 Å². The standard InChI is InChI=1S/C11H18N4O2/c16-10(14-3-1-2-4-14)5-15-7-12-11-9(15)6-17-8-13-11/h12-13H,1-8H2. The first-order valence-electron chi connectivity index (χ1n) is 6.16. The lowest BCUT2D eigenvalue weighted by molar-refractivity contribution is -0.130. The largest absolute Gasteiger partial charge is 0.355 e. The summed E-state index contributed by atoms with van der Waals surface area (Å²) in [6.07, 6.45) is 2.28. The van der Waals surface area contributed by atoms with Crippen molar-refractivity contribution in [3.8, 4) is 0 Å². The quantitative estimate of drug-likeness (QED) is 0.661. The van der Waals surface area contributed by atoms with Gasteiger partial charge in [-0.05, 0) is 12.8 Å². The maximum Gasteiger partial charge on any atom is 0.242 e. The van der Waals surface area contributed by atoms with Crippen molar-refractivity contribution >= 4 is 5.91 Å². The molecule has 1 amide bonds. The minimum atomic E-state index is 0.226. The molecule has 2 N–H and O–H groups in total. The molecule has 0 atom stereocenters. The predicted octanol–water partition coefficient (Wildman–Crippen LogP) is -0.782. The van der Waals surface area contributed by atoms with E-state index in [9.17, 15) is 4.79 Å². The molecule has 3 heterocycles. The van der Waals surface area contributed by atoms with Crippen molar-refractivity contribution in [1.29, 1.82) is 0 Å². The van der Waals surface area contributed by atoms with Gasteiger partial charge in [-0.3, -0.25) is 4.79 Å². The van der Waals surface area contributed by atoms with Gasteiger partial charge in [-0.15, -0.1) is 0 Å². The van der Waals surface area contributed by atoms with E-state index in [1.54, 1.807) is 0 Å². The number of carbonyl (C=O) groups is 1. The highest BCUT2D eigenvalue weighted by molar-refractivity contribution is 5.78. The lowest BCUT2D eigenvalue weighted by Crippen LogP contribution is -2.39. The highest BCUT2D eigenvalue weighted by atomic mass is 16.5. The first kappa shape index (κ1) is 10.7. The van der Waals surface area contributed by atoms with Crippen molar-refractivity contribution in [2.75, 3.05) is 39.6 Å². The van der Waals surface area contributed by atoms with Crippen molar-refractivity contribution in [3.05, 3.63) is 11.5 Å². The van der Waals surface area contributed by atoms with Gasteiger partial charge in [-0.1, -0.05) is 0 Å². The smallest absolute Gasteiger partial charge is 0.242 e. The normalized spacial score (nSPS) is 23.5. The molecular weight excluding hydrogens is 220 g/mol. The van der Waals surface area contributed by atoms with Crippen molar-refractivity contribution in [1.82, 2.24) is 20.4 Å². The number of nitrogens with one attached hydrogen (secondary N) is 2. The van der Waals surface area contributed by atoms with Crippen LogP contribution >= 0.6 is 0 Å². The summed E-state index contributed by atoms with van der Waals surface area (Å²) in [6, 6.07) is 0. The Morgan fingerprint density at radius 2 is 2.12 bits per heavy atom. The van der Waals surface area contributed by atoms with Crippen LogP contribution in [0.3, 0.4) is 0 Å². The van der Waals surface area contributed by atoms with Gasteiger partial charge in [-0.25, -0.2) is 0 Å². The van der Waals surface area contributed by atoms with Gasteiger partial charge in [0.2, 0.25) is 5.91 Å². The molecule has 6 heteroatoms. The predicted molar refractivity (Wildman–Crippen MR) is 61.5 cm³/mol. The molecule has 0 radical (unpaired) electrons. The van der Waals surface area contributed by atoms with Gasteiger partial charge in [0.25, 0.3) is 0 Å². The summed E-state index contributed by atoms with van der Waals surface area (Å²) in [5, 5.41) is 6.38. The second-order valence-electron chi connectivity index (χ2n) is 4.61. The van der Waals surface area contributed by atoms with Gasteiger partial charge in [0, 0.05) is 13.1 Å². The molecule has 17 heavy (non-hydrogen) atoms. The molecule has 1 fully saturated rings. The van der Waals surface area contributed by atoms with Crippen LogP contribution in [-0.2, 0) is 9.53 Å². The lowest BCUT2D eigenvalue weighted by atomic mass is 10.3. The second kappa shape index (κ2) is 4.44. The van der Waals surface area contributed by atoms with Gasteiger partial charge in [0.15, 0.2) is 0 Å². The Bertz CT molecular complexity index is 349. The number of ether oxygens (including phenoxy) is 1. The maximum atomic E-state index is 12.0. The fraction of sp³-hybridized carbons (Fsp3) is 0.727. The summed E-state index contributed by atoms with van der Waals surface area (Å²) in [5.41, 5.74) is 1.07. The number of amides is 1. The van der Waals surface area contributed by atoms with Crippen molar-refractivity contribution in [3.63, 3.8) is 0 Å². The number of rotatable bonds is 2. The van der Waals surface area contributed by atoms with Crippen LogP contribution in [0.2, 0.25) is 0 Å². The summed E-state index contributed by atoms with van der Waals surface area (Å²) < 4.78 is 5.35. The molecule has 94 valence electrons. The molecule has 1 saturated heterocycles. The average Bonchev–Trinajstić information content (AvgIpc) is 2.98. The van der Waals surface area contributed by atoms with E-state index in [4.69, 9.17) is 4.74 Å². The number of likely N-dealkylation sites (tertiary alicyclic amines) is 1. The highest BCUT2D eigenvalue weighted by Gasteiger charge is 2.28. The number of carbonyl (C=O) groups excluding carboxylic acids is 1. The van der Waals surface area contributed by atoms with Crippen LogP contribution in [0.5, 0.6) is 0 Å². The molecule has 3 rings (SSSR count). The second-order valence-corrected chi connectivity index (χ2v) is 4.61. The third-order valence-corrected chi connectivity index (χ3v) is 3.49. The Hall–Kier alpha value is -1.43. The lowest BCUT2D eigenvalue weighted by Gasteiger charge is -2.25. The molecular formula is C11H18N4O2. The SMILES string of the molecule is O=C(CN1CNC2=C1COCN2)N1CCCC1. The highest BCUT2D eigenvalue weighted by Crippen LogP contribution is 2.17. The fourth-order valence-corrected chi connectivity index (χ4v) is 2.51. The molecule has 6 nitrogen and oxygen atoms in total. The van der Waals surface area contributed by atoms with Crippen molar-refractivity contribution in [2.24, 2.45) is 0 Å². The topological polar surface area (TPSA) is 56.8 Å². The molecule has 0 aromatic carbocycles. The van der Waals surface area contributed by atoms with Crippen LogP contribution < -0.4 is 10.6 Å². The maximum absolute atomic E-state index is 12.0. The molecule has 0 bridgehead atoms. The zero-order valence-electron chi connectivity index (χ0n) is 9.87. The summed E-state index contributed by atoms with van der Waals surface area (Å²) in [5.74, 6) is 1.24. The summed E-state index contributed by atoms with van der Waals surface area (Å²) >= 11 is 0. The molecule has 0 unspecified atom stereocenters. The van der Waals surface area contributed by atoms with Crippen LogP contribution in [0.1, 0.15) is 12.8 Å². The zero-order valence-corrected chi connectivity index (χ0v) is 9.87. The van der Waals surface area contributed by atoms with Gasteiger partial charge >= 0.3 is 0 Å². The first-order valence-corrected chi connectivity index (χ1v) is 6.16. The van der Waals surface area contributed by atoms with E-state index in [1.807, 2.05) is 4.90 Å². The van der Waals surface area contributed by atoms with Crippen molar-refractivity contribution < 1.29 is 9.53 Å². The van der Waals surface area contributed by atoms with Crippen molar-refractivity contribution in [2.45, 2.75) is 12.8 Å². The molecule has 3 aliphatic rings. The molecule has 0 spiro atoms. The van der Waals surface area contributed by atoms with Crippen LogP contribution in [0.15, 0.2) is 11.5 Å². The molecule has 0 saturated carbocycles. The van der Waals surface area contributed by atoms with Crippen LogP contribution in [0, 0.1) is 0 Å². The van der Waals surface area contributed by atoms with Gasteiger partial charge in [0.05, 0.1) is 25.5 Å². The Balaban J connectivity index is 1.62. The Labute approximate surface area is 101 Å². The van der Waals surface area contributed by atoms with E-state index in [2.05, 4.69) is 15.5 Å². The average molecular weight is 238 g/mol. The Morgan fingerprint density at radius 3 is 2.94 bits per heavy atom. The van der Waals surface area contributed by atoms with E-state index in [-0.39, 0.29) is 5.91 Å². The molecule has 3 aliphatic heterocycles. The Morgan fingerprint density at radius 1 is 1.29 bits per heavy atom. The number of hydrogen-bond donors (Lipinski definition) is 2. The monoisotopic (exact) mass is 238 g/mol. The van der Waals surface area contributed by atoms with E-state index in [0.29, 0.717) is 26.6 Å². The number of nitrogens with zero attached hydrogens (tertiary/aromatic N) is 2. The third kappa shape index (κ3) is 2.04. The summed E-state index contributed by atoms with van der Waals surface area (Å²) in [4.78, 5) is 16.1. The van der Waals surface area contributed by atoms with E-state index in [1.165, 1.54) is 0 Å². The minimum absolute atomic E-state index is 0.226. The molecule has 0 aromatic rings. The van der Waals surface area contributed by atoms with Gasteiger partial charge < -0.3 is 25.2 Å². The third-order valence-electron chi connectivity index (χ3n) is 3.49. The molecule has 0 aliphatic carbocycles. The summed E-state index contributed by atoms with van der Waals surface area (Å²) in [6.45, 7) is 4.11. The summed E-state index contributed by atoms with van der Waals surface area (Å²) in [7, 11) is 0. The fourth-order valence-electron chi connectivity index (χ4n) is 2.51. The Kier molecular flexibility index (Phi) is 2.80. The van der Waals surface area contributed by atoms with Crippen LogP contribution in [-0.4, -0.2) is 55.3 Å². The minimum Gasteiger partial charge on any atom is -0.355 e. The number of hydrogen-bond acceptors (Lipinski definition) is 5. The van der Waals surface area contributed by atoms with E-state index < -0.39 is 0 Å². The van der Waals surface area contributed by atoms with Gasteiger partial charge in [-0.2, -0.15) is 0 Å². The molecule has 0 aromatic heterocycles. The van der Waals surface area contributed by atoms with Crippen LogP contribution in [0.4, 0.5) is 0 Å².